The smallest absolute Gasteiger partial charge is 0.260 e. The highest BCUT2D eigenvalue weighted by Crippen LogP contribution is 2.19. The molecule has 1 atom stereocenters. The monoisotopic (exact) mass is 339 g/mol. The van der Waals surface area contributed by atoms with Crippen molar-refractivity contribution in [3.8, 4) is 17.7 Å². The molecule has 25 heavy (non-hydrogen) atoms. The maximum atomic E-state index is 12.3. The summed E-state index contributed by atoms with van der Waals surface area (Å²) in [5.41, 5.74) is 0.144. The standard InChI is InChI=1S/C17H17N5O3/c18-9-15-17(21-7-6-20-15)25-14-4-2-8-22(11-14)16(23)12-24-13-3-1-5-19-10-13/h1,3,5-7,10,14H,2,4,8,11-12H2. The number of carbonyl (C=O) groups excluding carboxylic acids is 1. The lowest BCUT2D eigenvalue weighted by Gasteiger charge is -2.32. The van der Waals surface area contributed by atoms with Crippen molar-refractivity contribution in [3.05, 3.63) is 42.6 Å². The number of nitrogens with zero attached hydrogens (tertiary/aromatic N) is 5. The second-order valence-electron chi connectivity index (χ2n) is 5.52. The molecule has 2 aromatic rings. The molecule has 1 fully saturated rings. The Morgan fingerprint density at radius 2 is 2.24 bits per heavy atom. The van der Waals surface area contributed by atoms with Crippen LogP contribution in [0.5, 0.6) is 11.6 Å². The number of carbonyl (C=O) groups is 1. The Bertz CT molecular complexity index is 762. The van der Waals surface area contributed by atoms with Crippen molar-refractivity contribution in [2.45, 2.75) is 18.9 Å². The molecule has 0 saturated carbocycles. The summed E-state index contributed by atoms with van der Waals surface area (Å²) in [4.78, 5) is 26.0. The number of amides is 1. The van der Waals surface area contributed by atoms with Crippen molar-refractivity contribution in [2.75, 3.05) is 19.7 Å². The lowest BCUT2D eigenvalue weighted by atomic mass is 10.1. The molecule has 8 nitrogen and oxygen atoms in total. The minimum atomic E-state index is -0.222. The molecule has 0 aliphatic carbocycles. The number of pyridine rings is 1. The maximum Gasteiger partial charge on any atom is 0.260 e. The average molecular weight is 339 g/mol. The van der Waals surface area contributed by atoms with E-state index in [1.54, 1.807) is 29.4 Å². The predicted molar refractivity (Wildman–Crippen MR) is 86.7 cm³/mol. The Hall–Kier alpha value is -3.21. The van der Waals surface area contributed by atoms with E-state index in [4.69, 9.17) is 14.7 Å². The number of likely N-dealkylation sites (tertiary alicyclic amines) is 1. The van der Waals surface area contributed by atoms with E-state index in [9.17, 15) is 4.79 Å². The first-order valence-electron chi connectivity index (χ1n) is 7.94. The SMILES string of the molecule is N#Cc1nccnc1OC1CCCN(C(=O)COc2cccnc2)C1. The first-order valence-corrected chi connectivity index (χ1v) is 7.94. The van der Waals surface area contributed by atoms with Crippen molar-refractivity contribution < 1.29 is 14.3 Å². The molecule has 0 N–H and O–H groups in total. The lowest BCUT2D eigenvalue weighted by molar-refractivity contribution is -0.136. The molecule has 3 rings (SSSR count). The van der Waals surface area contributed by atoms with E-state index in [0.717, 1.165) is 12.8 Å². The Morgan fingerprint density at radius 1 is 1.36 bits per heavy atom. The molecular weight excluding hydrogens is 322 g/mol. The van der Waals surface area contributed by atoms with Gasteiger partial charge in [0.1, 0.15) is 17.9 Å². The van der Waals surface area contributed by atoms with Crippen LogP contribution < -0.4 is 9.47 Å². The Labute approximate surface area is 145 Å². The van der Waals surface area contributed by atoms with Gasteiger partial charge in [0.15, 0.2) is 6.61 Å². The first kappa shape index (κ1) is 16.6. The van der Waals surface area contributed by atoms with E-state index in [1.807, 2.05) is 6.07 Å². The maximum absolute atomic E-state index is 12.3. The summed E-state index contributed by atoms with van der Waals surface area (Å²) in [6, 6.07) is 5.45. The molecule has 0 spiro atoms. The summed E-state index contributed by atoms with van der Waals surface area (Å²) in [7, 11) is 0. The van der Waals surface area contributed by atoms with Gasteiger partial charge in [0.2, 0.25) is 5.69 Å². The number of hydrogen-bond donors (Lipinski definition) is 0. The number of rotatable bonds is 5. The lowest BCUT2D eigenvalue weighted by Crippen LogP contribution is -2.46. The minimum Gasteiger partial charge on any atom is -0.482 e. The van der Waals surface area contributed by atoms with E-state index in [0.29, 0.717) is 18.8 Å². The molecule has 8 heteroatoms. The van der Waals surface area contributed by atoms with Crippen molar-refractivity contribution in [3.63, 3.8) is 0 Å². The van der Waals surface area contributed by atoms with Gasteiger partial charge in [-0.1, -0.05) is 0 Å². The molecule has 0 aromatic carbocycles. The Kier molecular flexibility index (Phi) is 5.36. The summed E-state index contributed by atoms with van der Waals surface area (Å²) >= 11 is 0. The Balaban J connectivity index is 1.55. The molecule has 3 heterocycles. The number of ether oxygens (including phenoxy) is 2. The fourth-order valence-corrected chi connectivity index (χ4v) is 2.58. The molecule has 1 aliphatic rings. The highest BCUT2D eigenvalue weighted by molar-refractivity contribution is 5.77. The summed E-state index contributed by atoms with van der Waals surface area (Å²) in [5.74, 6) is 0.645. The largest absolute Gasteiger partial charge is 0.482 e. The van der Waals surface area contributed by atoms with E-state index < -0.39 is 0 Å². The van der Waals surface area contributed by atoms with Gasteiger partial charge in [-0.25, -0.2) is 9.97 Å². The third-order valence-electron chi connectivity index (χ3n) is 3.78. The fraction of sp³-hybridized carbons (Fsp3) is 0.353. The zero-order valence-electron chi connectivity index (χ0n) is 13.5. The van der Waals surface area contributed by atoms with Gasteiger partial charge in [0.05, 0.1) is 12.7 Å². The number of nitriles is 1. The van der Waals surface area contributed by atoms with Gasteiger partial charge in [-0.15, -0.1) is 0 Å². The molecule has 2 aromatic heterocycles. The summed E-state index contributed by atoms with van der Waals surface area (Å²) in [5, 5.41) is 9.05. The van der Waals surface area contributed by atoms with Crippen LogP contribution >= 0.6 is 0 Å². The van der Waals surface area contributed by atoms with Gasteiger partial charge in [0, 0.05) is 25.1 Å². The number of aromatic nitrogens is 3. The third-order valence-corrected chi connectivity index (χ3v) is 3.78. The molecule has 0 bridgehead atoms. The molecule has 128 valence electrons. The predicted octanol–water partition coefficient (Wildman–Crippen LogP) is 1.19. The van der Waals surface area contributed by atoms with E-state index in [-0.39, 0.29) is 30.2 Å². The van der Waals surface area contributed by atoms with Gasteiger partial charge >= 0.3 is 0 Å². The molecular formula is C17H17N5O3. The van der Waals surface area contributed by atoms with Crippen LogP contribution in [0.2, 0.25) is 0 Å². The van der Waals surface area contributed by atoms with Crippen LogP contribution in [0.15, 0.2) is 36.9 Å². The topological polar surface area (TPSA) is 101 Å². The van der Waals surface area contributed by atoms with Crippen molar-refractivity contribution in [2.24, 2.45) is 0 Å². The average Bonchev–Trinajstić information content (AvgIpc) is 2.67. The zero-order valence-corrected chi connectivity index (χ0v) is 13.5. The molecule has 1 aliphatic heterocycles. The van der Waals surface area contributed by atoms with Gasteiger partial charge in [0.25, 0.3) is 11.8 Å². The van der Waals surface area contributed by atoms with E-state index >= 15 is 0 Å². The fourth-order valence-electron chi connectivity index (χ4n) is 2.58. The van der Waals surface area contributed by atoms with Gasteiger partial charge in [-0.2, -0.15) is 5.26 Å². The number of piperidine rings is 1. The van der Waals surface area contributed by atoms with Crippen molar-refractivity contribution in [1.29, 1.82) is 5.26 Å². The third kappa shape index (κ3) is 4.41. The van der Waals surface area contributed by atoms with E-state index in [1.165, 1.54) is 12.4 Å². The summed E-state index contributed by atoms with van der Waals surface area (Å²) in [6.45, 7) is 1.03. The zero-order chi connectivity index (χ0) is 17.5. The van der Waals surface area contributed by atoms with Crippen LogP contribution in [0.3, 0.4) is 0 Å². The van der Waals surface area contributed by atoms with E-state index in [2.05, 4.69) is 15.0 Å². The summed E-state index contributed by atoms with van der Waals surface area (Å²) in [6.07, 6.45) is 7.50. The Morgan fingerprint density at radius 3 is 3.04 bits per heavy atom. The van der Waals surface area contributed by atoms with Crippen LogP contribution in [0, 0.1) is 11.3 Å². The molecule has 0 radical (unpaired) electrons. The van der Waals surface area contributed by atoms with Crippen molar-refractivity contribution >= 4 is 5.91 Å². The summed E-state index contributed by atoms with van der Waals surface area (Å²) < 4.78 is 11.2. The molecule has 1 amide bonds. The second kappa shape index (κ2) is 8.06. The van der Waals surface area contributed by atoms with Crippen LogP contribution in [0.25, 0.3) is 0 Å². The van der Waals surface area contributed by atoms with Crippen LogP contribution in [0.4, 0.5) is 0 Å². The quantitative estimate of drug-likeness (QED) is 0.806. The first-order chi connectivity index (χ1) is 12.3. The van der Waals surface area contributed by atoms with Crippen molar-refractivity contribution in [1.82, 2.24) is 19.9 Å². The number of hydrogen-bond acceptors (Lipinski definition) is 7. The second-order valence-corrected chi connectivity index (χ2v) is 5.52. The highest BCUT2D eigenvalue weighted by atomic mass is 16.5. The minimum absolute atomic E-state index is 0.0486. The molecule has 1 saturated heterocycles. The van der Waals surface area contributed by atoms with Gasteiger partial charge in [-0.3, -0.25) is 9.78 Å². The highest BCUT2D eigenvalue weighted by Gasteiger charge is 2.26. The normalized spacial score (nSPS) is 16.8. The van der Waals surface area contributed by atoms with Crippen LogP contribution in [-0.4, -0.2) is 51.6 Å². The van der Waals surface area contributed by atoms with Crippen LogP contribution in [0.1, 0.15) is 18.5 Å². The van der Waals surface area contributed by atoms with Crippen LogP contribution in [-0.2, 0) is 4.79 Å². The van der Waals surface area contributed by atoms with Gasteiger partial charge < -0.3 is 14.4 Å². The van der Waals surface area contributed by atoms with Gasteiger partial charge in [-0.05, 0) is 25.0 Å². The molecule has 1 unspecified atom stereocenters.